The number of hydrogen-bond donors (Lipinski definition) is 3. The third kappa shape index (κ3) is 4.03. The molecule has 1 aliphatic heterocycles. The molecule has 2 heterocycles. The molecule has 3 N–H and O–H groups in total. The van der Waals surface area contributed by atoms with E-state index >= 15 is 0 Å². The molecule has 0 radical (unpaired) electrons. The molecule has 27 heavy (non-hydrogen) atoms. The first-order valence-electron chi connectivity index (χ1n) is 9.38. The van der Waals surface area contributed by atoms with Crippen LogP contribution in [0.5, 0.6) is 0 Å². The first-order chi connectivity index (χ1) is 13.2. The highest BCUT2D eigenvalue weighted by molar-refractivity contribution is 6.30. The summed E-state index contributed by atoms with van der Waals surface area (Å²) in [5.74, 6) is 0.829. The van der Waals surface area contributed by atoms with Gasteiger partial charge in [-0.25, -0.2) is 4.98 Å². The lowest BCUT2D eigenvalue weighted by Crippen LogP contribution is -3.14. The van der Waals surface area contributed by atoms with Gasteiger partial charge in [0.2, 0.25) is 5.95 Å². The van der Waals surface area contributed by atoms with Crippen LogP contribution in [0.15, 0.2) is 48.5 Å². The molecule has 142 valence electrons. The summed E-state index contributed by atoms with van der Waals surface area (Å²) in [4.78, 5) is 8.60. The lowest BCUT2D eigenvalue weighted by atomic mass is 10.2. The zero-order chi connectivity index (χ0) is 18.6. The molecular weight excluding hydrogens is 362 g/mol. The maximum Gasteiger partial charge on any atom is 0.208 e. The molecule has 0 spiro atoms. The Labute approximate surface area is 164 Å². The van der Waals surface area contributed by atoms with Crippen molar-refractivity contribution >= 4 is 34.3 Å². The highest BCUT2D eigenvalue weighted by Crippen LogP contribution is 2.20. The number of nitrogens with zero attached hydrogens (tertiary/aromatic N) is 3. The van der Waals surface area contributed by atoms with Crippen LogP contribution < -0.4 is 15.1 Å². The van der Waals surface area contributed by atoms with E-state index in [0.717, 1.165) is 54.9 Å². The average molecular weight is 387 g/mol. The number of anilines is 2. The second-order valence-corrected chi connectivity index (χ2v) is 7.31. The second kappa shape index (κ2) is 8.17. The highest BCUT2D eigenvalue weighted by atomic mass is 35.5. The molecule has 1 aliphatic rings. The highest BCUT2D eigenvalue weighted by Gasteiger charge is 2.22. The van der Waals surface area contributed by atoms with Gasteiger partial charge in [-0.1, -0.05) is 29.8 Å². The van der Waals surface area contributed by atoms with Gasteiger partial charge in [0.15, 0.2) is 6.67 Å². The molecule has 3 aromatic rings. The quantitative estimate of drug-likeness (QED) is 0.600. The Balaban J connectivity index is 1.47. The molecule has 4 rings (SSSR count). The van der Waals surface area contributed by atoms with Gasteiger partial charge in [-0.3, -0.25) is 4.57 Å². The number of aliphatic hydroxyl groups excluding tert-OH is 1. The van der Waals surface area contributed by atoms with Crippen molar-refractivity contribution in [2.45, 2.75) is 6.67 Å². The topological polar surface area (TPSA) is 57.8 Å². The van der Waals surface area contributed by atoms with E-state index in [1.54, 1.807) is 0 Å². The van der Waals surface area contributed by atoms with Crippen LogP contribution in [0.25, 0.3) is 11.0 Å². The van der Waals surface area contributed by atoms with Gasteiger partial charge >= 0.3 is 0 Å². The maximum absolute atomic E-state index is 9.15. The van der Waals surface area contributed by atoms with Gasteiger partial charge < -0.3 is 20.2 Å². The summed E-state index contributed by atoms with van der Waals surface area (Å²) in [6, 6.07) is 16.3. The summed E-state index contributed by atoms with van der Waals surface area (Å²) in [5.41, 5.74) is 3.30. The molecule has 0 atom stereocenters. The molecule has 2 aromatic carbocycles. The van der Waals surface area contributed by atoms with Crippen molar-refractivity contribution in [3.05, 3.63) is 53.6 Å². The average Bonchev–Trinajstić information content (AvgIpc) is 3.04. The molecule has 0 amide bonds. The molecule has 0 bridgehead atoms. The molecule has 7 heteroatoms. The summed E-state index contributed by atoms with van der Waals surface area (Å²) in [5, 5.41) is 13.2. The van der Waals surface area contributed by atoms with Crippen LogP contribution in [0, 0.1) is 0 Å². The summed E-state index contributed by atoms with van der Waals surface area (Å²) in [6.07, 6.45) is 0. The maximum atomic E-state index is 9.15. The van der Waals surface area contributed by atoms with Gasteiger partial charge in [0.1, 0.15) is 0 Å². The fourth-order valence-corrected chi connectivity index (χ4v) is 3.86. The molecule has 0 unspecified atom stereocenters. The van der Waals surface area contributed by atoms with Gasteiger partial charge in [0, 0.05) is 17.3 Å². The molecular formula is C20H25ClN5O+. The van der Waals surface area contributed by atoms with Gasteiger partial charge in [-0.2, -0.15) is 0 Å². The first-order valence-corrected chi connectivity index (χ1v) is 9.76. The Kier molecular flexibility index (Phi) is 5.48. The predicted octanol–water partition coefficient (Wildman–Crippen LogP) is 1.46. The zero-order valence-corrected chi connectivity index (χ0v) is 16.0. The lowest BCUT2D eigenvalue weighted by molar-refractivity contribution is -0.922. The monoisotopic (exact) mass is 386 g/mol. The van der Waals surface area contributed by atoms with Crippen LogP contribution in [0.1, 0.15) is 0 Å². The van der Waals surface area contributed by atoms with Gasteiger partial charge in [-0.15, -0.1) is 0 Å². The largest absolute Gasteiger partial charge is 0.395 e. The number of aromatic nitrogens is 2. The molecule has 6 nitrogen and oxygen atoms in total. The van der Waals surface area contributed by atoms with Crippen molar-refractivity contribution < 1.29 is 10.0 Å². The molecule has 1 fully saturated rings. The number of imidazole rings is 1. The number of benzene rings is 2. The number of piperazine rings is 1. The van der Waals surface area contributed by atoms with Crippen molar-refractivity contribution in [2.75, 3.05) is 49.5 Å². The predicted molar refractivity (Wildman–Crippen MR) is 110 cm³/mol. The number of quaternary nitrogens is 1. The van der Waals surface area contributed by atoms with Gasteiger partial charge in [0.05, 0.1) is 43.8 Å². The number of halogens is 1. The van der Waals surface area contributed by atoms with Crippen LogP contribution in [0.3, 0.4) is 0 Å². The summed E-state index contributed by atoms with van der Waals surface area (Å²) in [7, 11) is 0. The van der Waals surface area contributed by atoms with Crippen molar-refractivity contribution in [3.8, 4) is 0 Å². The van der Waals surface area contributed by atoms with E-state index in [-0.39, 0.29) is 6.61 Å². The number of para-hydroxylation sites is 2. The summed E-state index contributed by atoms with van der Waals surface area (Å²) in [6.45, 7) is 5.56. The lowest BCUT2D eigenvalue weighted by Gasteiger charge is -2.34. The van der Waals surface area contributed by atoms with Crippen LogP contribution in [0.4, 0.5) is 11.6 Å². The van der Waals surface area contributed by atoms with E-state index in [1.807, 2.05) is 36.4 Å². The normalized spacial score (nSPS) is 15.4. The third-order valence-electron chi connectivity index (χ3n) is 5.08. The fourth-order valence-electron chi connectivity index (χ4n) is 3.67. The van der Waals surface area contributed by atoms with Crippen molar-refractivity contribution in [2.24, 2.45) is 0 Å². The van der Waals surface area contributed by atoms with E-state index in [9.17, 15) is 0 Å². The second-order valence-electron chi connectivity index (χ2n) is 6.88. The molecule has 0 saturated carbocycles. The summed E-state index contributed by atoms with van der Waals surface area (Å²) >= 11 is 6.14. The number of aliphatic hydroxyl groups is 1. The Bertz CT molecular complexity index is 904. The Morgan fingerprint density at radius 2 is 1.93 bits per heavy atom. The Hall–Kier alpha value is -2.28. The van der Waals surface area contributed by atoms with Crippen LogP contribution in [0.2, 0.25) is 5.02 Å². The van der Waals surface area contributed by atoms with E-state index in [0.29, 0.717) is 6.54 Å². The standard InChI is InChI=1S/C20H24ClN5O/c21-16-4-3-5-17(14-16)25-11-9-24(10-12-25)15-26-19-7-2-1-6-18(19)23-20(26)22-8-13-27/h1-7,14,27H,8-13,15H2,(H,22,23)/p+1. The van der Waals surface area contributed by atoms with Gasteiger partial charge in [-0.05, 0) is 30.3 Å². The third-order valence-corrected chi connectivity index (χ3v) is 5.31. The minimum Gasteiger partial charge on any atom is -0.395 e. The van der Waals surface area contributed by atoms with Gasteiger partial charge in [0.25, 0.3) is 0 Å². The number of rotatable bonds is 6. The van der Waals surface area contributed by atoms with Crippen molar-refractivity contribution in [1.29, 1.82) is 0 Å². The number of nitrogens with one attached hydrogen (secondary N) is 2. The van der Waals surface area contributed by atoms with Crippen LogP contribution in [-0.2, 0) is 6.67 Å². The van der Waals surface area contributed by atoms with Crippen molar-refractivity contribution in [3.63, 3.8) is 0 Å². The van der Waals surface area contributed by atoms with E-state index in [2.05, 4.69) is 26.9 Å². The van der Waals surface area contributed by atoms with E-state index < -0.39 is 0 Å². The Morgan fingerprint density at radius 1 is 1.11 bits per heavy atom. The van der Waals surface area contributed by atoms with Crippen LogP contribution >= 0.6 is 11.6 Å². The molecule has 0 aliphatic carbocycles. The van der Waals surface area contributed by atoms with Crippen LogP contribution in [-0.4, -0.2) is 54.0 Å². The fraction of sp³-hybridized carbons (Fsp3) is 0.350. The van der Waals surface area contributed by atoms with E-state index in [4.69, 9.17) is 21.7 Å². The number of hydrogen-bond acceptors (Lipinski definition) is 4. The number of fused-ring (bicyclic) bond motifs is 1. The molecule has 1 aromatic heterocycles. The molecule has 1 saturated heterocycles. The van der Waals surface area contributed by atoms with Crippen molar-refractivity contribution in [1.82, 2.24) is 9.55 Å². The SMILES string of the molecule is OCCNc1nc2ccccc2n1C[NH+]1CCN(c2cccc(Cl)c2)CC1. The first kappa shape index (κ1) is 18.1. The minimum atomic E-state index is 0.0916. The summed E-state index contributed by atoms with van der Waals surface area (Å²) < 4.78 is 2.23. The minimum absolute atomic E-state index is 0.0916. The Morgan fingerprint density at radius 3 is 2.70 bits per heavy atom. The van der Waals surface area contributed by atoms with E-state index in [1.165, 1.54) is 10.6 Å². The smallest absolute Gasteiger partial charge is 0.208 e. The zero-order valence-electron chi connectivity index (χ0n) is 15.2.